The molecule has 1 aliphatic rings. The maximum Gasteiger partial charge on any atom is 0.275 e. The van der Waals surface area contributed by atoms with Gasteiger partial charge in [-0.3, -0.25) is 4.79 Å². The van der Waals surface area contributed by atoms with Gasteiger partial charge in [-0.05, 0) is 31.0 Å². The molecule has 24 heavy (non-hydrogen) atoms. The molecule has 2 heterocycles. The number of benzene rings is 1. The summed E-state index contributed by atoms with van der Waals surface area (Å²) < 4.78 is 6.79. The van der Waals surface area contributed by atoms with E-state index in [9.17, 15) is 4.79 Å². The molecule has 0 radical (unpaired) electrons. The molecule has 0 saturated carbocycles. The fourth-order valence-electron chi connectivity index (χ4n) is 2.41. The zero-order chi connectivity index (χ0) is 16.9. The van der Waals surface area contributed by atoms with Gasteiger partial charge in [0.15, 0.2) is 6.29 Å². The number of nitriles is 1. The van der Waals surface area contributed by atoms with Crippen molar-refractivity contribution in [2.24, 2.45) is 0 Å². The van der Waals surface area contributed by atoms with Crippen LogP contribution in [0.2, 0.25) is 0 Å². The van der Waals surface area contributed by atoms with Crippen LogP contribution in [-0.4, -0.2) is 28.6 Å². The standard InChI is InChI=1S/C16H17N5O3/c17-9-12-10-19-21(15(12)18)13-5-3-4-11(8-13)16(22)20-24-14-6-1-2-7-23-14/h3-5,8,10,14H,1-2,6-7,18H2,(H,20,22)/t14-/m1/s1. The van der Waals surface area contributed by atoms with Gasteiger partial charge in [0, 0.05) is 18.6 Å². The molecule has 124 valence electrons. The quantitative estimate of drug-likeness (QED) is 0.823. The SMILES string of the molecule is N#Cc1cnn(-c2cccc(C(=O)NO[C@@H]3CCCCO3)c2)c1N. The van der Waals surface area contributed by atoms with Gasteiger partial charge in [0.05, 0.1) is 11.9 Å². The second-order valence-corrected chi connectivity index (χ2v) is 5.36. The first-order valence-corrected chi connectivity index (χ1v) is 7.60. The highest BCUT2D eigenvalue weighted by atomic mass is 16.8. The lowest BCUT2D eigenvalue weighted by atomic mass is 10.2. The molecule has 0 unspecified atom stereocenters. The Hall–Kier alpha value is -2.89. The van der Waals surface area contributed by atoms with Crippen LogP contribution in [0.3, 0.4) is 0 Å². The Morgan fingerprint density at radius 3 is 3.08 bits per heavy atom. The van der Waals surface area contributed by atoms with Crippen molar-refractivity contribution in [3.05, 3.63) is 41.6 Å². The Balaban J connectivity index is 1.71. The van der Waals surface area contributed by atoms with Crippen molar-refractivity contribution in [1.82, 2.24) is 15.3 Å². The second kappa shape index (κ2) is 7.12. The highest BCUT2D eigenvalue weighted by Crippen LogP contribution is 2.18. The maximum atomic E-state index is 12.2. The number of carbonyl (C=O) groups excluding carboxylic acids is 1. The van der Waals surface area contributed by atoms with E-state index in [1.165, 1.54) is 10.9 Å². The Morgan fingerprint density at radius 1 is 1.50 bits per heavy atom. The number of hydrogen-bond acceptors (Lipinski definition) is 6. The Morgan fingerprint density at radius 2 is 2.38 bits per heavy atom. The molecule has 2 aromatic rings. The molecule has 1 aromatic heterocycles. The lowest BCUT2D eigenvalue weighted by molar-refractivity contribution is -0.186. The van der Waals surface area contributed by atoms with Crippen LogP contribution in [0.1, 0.15) is 35.2 Å². The first-order valence-electron chi connectivity index (χ1n) is 7.60. The fourth-order valence-corrected chi connectivity index (χ4v) is 2.41. The van der Waals surface area contributed by atoms with Crippen molar-refractivity contribution in [2.75, 3.05) is 12.3 Å². The molecule has 0 bridgehead atoms. The molecule has 8 nitrogen and oxygen atoms in total. The van der Waals surface area contributed by atoms with E-state index in [1.54, 1.807) is 24.3 Å². The number of carbonyl (C=O) groups is 1. The lowest BCUT2D eigenvalue weighted by Gasteiger charge is -2.22. The van der Waals surface area contributed by atoms with Crippen molar-refractivity contribution in [2.45, 2.75) is 25.6 Å². The topological polar surface area (TPSA) is 115 Å². The van der Waals surface area contributed by atoms with E-state index in [0.29, 0.717) is 17.9 Å². The van der Waals surface area contributed by atoms with Gasteiger partial charge in [-0.15, -0.1) is 0 Å². The smallest absolute Gasteiger partial charge is 0.275 e. The maximum absolute atomic E-state index is 12.2. The third-order valence-corrected chi connectivity index (χ3v) is 3.70. The van der Waals surface area contributed by atoms with Gasteiger partial charge in [-0.1, -0.05) is 6.07 Å². The van der Waals surface area contributed by atoms with Gasteiger partial charge >= 0.3 is 0 Å². The van der Waals surface area contributed by atoms with Crippen LogP contribution in [0.25, 0.3) is 5.69 Å². The predicted octanol–water partition coefficient (Wildman–Crippen LogP) is 1.51. The molecule has 3 N–H and O–H groups in total. The molecule has 1 amide bonds. The van der Waals surface area contributed by atoms with Gasteiger partial charge in [0.2, 0.25) is 0 Å². The molecule has 1 atom stereocenters. The van der Waals surface area contributed by atoms with E-state index >= 15 is 0 Å². The minimum atomic E-state index is -0.411. The van der Waals surface area contributed by atoms with Crippen molar-refractivity contribution < 1.29 is 14.4 Å². The van der Waals surface area contributed by atoms with E-state index in [2.05, 4.69) is 10.6 Å². The first-order chi connectivity index (χ1) is 11.7. The van der Waals surface area contributed by atoms with Gasteiger partial charge in [0.25, 0.3) is 5.91 Å². The van der Waals surface area contributed by atoms with Crippen molar-refractivity contribution in [3.63, 3.8) is 0 Å². The Labute approximate surface area is 138 Å². The number of nitrogen functional groups attached to an aromatic ring is 1. The summed E-state index contributed by atoms with van der Waals surface area (Å²) in [6.45, 7) is 0.635. The second-order valence-electron chi connectivity index (χ2n) is 5.36. The summed E-state index contributed by atoms with van der Waals surface area (Å²) in [6, 6.07) is 8.67. The molecule has 1 fully saturated rings. The highest BCUT2D eigenvalue weighted by Gasteiger charge is 2.17. The number of hydrogen-bond donors (Lipinski definition) is 2. The van der Waals surface area contributed by atoms with Crippen LogP contribution in [0.5, 0.6) is 0 Å². The van der Waals surface area contributed by atoms with Crippen LogP contribution < -0.4 is 11.2 Å². The Bertz CT molecular complexity index is 774. The minimum absolute atomic E-state index is 0.224. The van der Waals surface area contributed by atoms with Gasteiger partial charge in [-0.2, -0.15) is 10.4 Å². The van der Waals surface area contributed by atoms with Crippen molar-refractivity contribution in [1.29, 1.82) is 5.26 Å². The average molecular weight is 327 g/mol. The Kier molecular flexibility index (Phi) is 4.74. The largest absolute Gasteiger partial charge is 0.382 e. The van der Waals surface area contributed by atoms with Crippen LogP contribution in [0.4, 0.5) is 5.82 Å². The van der Waals surface area contributed by atoms with Crippen LogP contribution in [0.15, 0.2) is 30.5 Å². The fraction of sp³-hybridized carbons (Fsp3) is 0.312. The summed E-state index contributed by atoms with van der Waals surface area (Å²) in [5.41, 5.74) is 9.51. The highest BCUT2D eigenvalue weighted by molar-refractivity contribution is 5.94. The summed E-state index contributed by atoms with van der Waals surface area (Å²) in [5, 5.41) is 13.0. The molecular weight excluding hydrogens is 310 g/mol. The summed E-state index contributed by atoms with van der Waals surface area (Å²) in [6.07, 6.45) is 3.74. The molecule has 8 heteroatoms. The van der Waals surface area contributed by atoms with Crippen LogP contribution in [-0.2, 0) is 9.57 Å². The normalized spacial score (nSPS) is 17.2. The van der Waals surface area contributed by atoms with Gasteiger partial charge in [-0.25, -0.2) is 15.0 Å². The van der Waals surface area contributed by atoms with Gasteiger partial charge < -0.3 is 10.5 Å². The summed E-state index contributed by atoms with van der Waals surface area (Å²) >= 11 is 0. The number of aromatic nitrogens is 2. The number of anilines is 1. The molecule has 0 spiro atoms. The van der Waals surface area contributed by atoms with E-state index < -0.39 is 12.2 Å². The molecule has 3 rings (SSSR count). The first kappa shape index (κ1) is 16.0. The number of rotatable bonds is 4. The van der Waals surface area contributed by atoms with Crippen molar-refractivity contribution in [3.8, 4) is 11.8 Å². The number of nitrogens with zero attached hydrogens (tertiary/aromatic N) is 3. The summed E-state index contributed by atoms with van der Waals surface area (Å²) in [7, 11) is 0. The van der Waals surface area contributed by atoms with Gasteiger partial charge in [0.1, 0.15) is 17.5 Å². The number of hydroxylamine groups is 1. The van der Waals surface area contributed by atoms with Crippen LogP contribution >= 0.6 is 0 Å². The zero-order valence-corrected chi connectivity index (χ0v) is 12.9. The molecule has 1 aliphatic heterocycles. The summed E-state index contributed by atoms with van der Waals surface area (Å²) in [4.78, 5) is 17.5. The zero-order valence-electron chi connectivity index (χ0n) is 12.9. The molecular formula is C16H17N5O3. The molecule has 1 aromatic carbocycles. The number of amides is 1. The minimum Gasteiger partial charge on any atom is -0.382 e. The monoisotopic (exact) mass is 327 g/mol. The number of nitrogens with two attached hydrogens (primary N) is 1. The average Bonchev–Trinajstić information content (AvgIpc) is 3.01. The summed E-state index contributed by atoms with van der Waals surface area (Å²) in [5.74, 6) is -0.167. The van der Waals surface area contributed by atoms with E-state index in [1.807, 2.05) is 6.07 Å². The molecule has 0 aliphatic carbocycles. The third-order valence-electron chi connectivity index (χ3n) is 3.70. The van der Waals surface area contributed by atoms with Crippen molar-refractivity contribution >= 4 is 11.7 Å². The lowest BCUT2D eigenvalue weighted by Crippen LogP contribution is -2.33. The number of nitrogens with one attached hydrogen (secondary N) is 1. The van der Waals surface area contributed by atoms with E-state index in [0.717, 1.165) is 19.3 Å². The predicted molar refractivity (Wildman–Crippen MR) is 84.8 cm³/mol. The molecule has 1 saturated heterocycles. The third kappa shape index (κ3) is 3.37. The van der Waals surface area contributed by atoms with Crippen LogP contribution in [0, 0.1) is 11.3 Å². The number of ether oxygens (including phenoxy) is 1. The van der Waals surface area contributed by atoms with E-state index in [4.69, 9.17) is 20.6 Å². The van der Waals surface area contributed by atoms with E-state index in [-0.39, 0.29) is 11.4 Å².